The van der Waals surface area contributed by atoms with Crippen LogP contribution >= 0.6 is 11.8 Å². The van der Waals surface area contributed by atoms with Crippen molar-refractivity contribution in [3.05, 3.63) is 42.1 Å². The number of fused-ring (bicyclic) bond motifs is 1. The molecule has 8 heteroatoms. The third kappa shape index (κ3) is 3.00. The molecule has 0 N–H and O–H groups in total. The molecule has 122 valence electrons. The SMILES string of the molecule is COc1cccc(CSc2nnc(-c3ccc4c(c3)OCO4)o2)n1. The minimum atomic E-state index is 0.233. The predicted octanol–water partition coefficient (Wildman–Crippen LogP) is 3.16. The number of hydrogen-bond acceptors (Lipinski definition) is 8. The molecular weight excluding hydrogens is 330 g/mol. The predicted molar refractivity (Wildman–Crippen MR) is 86.2 cm³/mol. The van der Waals surface area contributed by atoms with Gasteiger partial charge in [-0.1, -0.05) is 17.8 Å². The fraction of sp³-hybridized carbons (Fsp3) is 0.188. The van der Waals surface area contributed by atoms with Gasteiger partial charge in [0.05, 0.1) is 12.8 Å². The summed E-state index contributed by atoms with van der Waals surface area (Å²) >= 11 is 1.42. The lowest BCUT2D eigenvalue weighted by molar-refractivity contribution is 0.174. The molecule has 2 aromatic heterocycles. The van der Waals surface area contributed by atoms with E-state index in [0.717, 1.165) is 17.0 Å². The van der Waals surface area contributed by atoms with Gasteiger partial charge in [-0.2, -0.15) is 0 Å². The highest BCUT2D eigenvalue weighted by molar-refractivity contribution is 7.98. The van der Waals surface area contributed by atoms with Crippen molar-refractivity contribution in [1.82, 2.24) is 15.2 Å². The molecule has 3 aromatic rings. The molecule has 0 saturated heterocycles. The number of rotatable bonds is 5. The maximum Gasteiger partial charge on any atom is 0.277 e. The van der Waals surface area contributed by atoms with Gasteiger partial charge in [-0.25, -0.2) is 4.98 Å². The molecule has 1 aromatic carbocycles. The van der Waals surface area contributed by atoms with Gasteiger partial charge < -0.3 is 18.6 Å². The summed E-state index contributed by atoms with van der Waals surface area (Å²) in [5.74, 6) is 3.03. The zero-order valence-corrected chi connectivity index (χ0v) is 13.6. The summed E-state index contributed by atoms with van der Waals surface area (Å²) in [5, 5.41) is 8.62. The van der Waals surface area contributed by atoms with Crippen LogP contribution in [0.15, 0.2) is 46.0 Å². The second-order valence-electron chi connectivity index (χ2n) is 4.90. The van der Waals surface area contributed by atoms with Crippen LogP contribution in [-0.2, 0) is 5.75 Å². The Bertz CT molecular complexity index is 868. The lowest BCUT2D eigenvalue weighted by Gasteiger charge is -2.01. The number of aromatic nitrogens is 3. The first-order valence-corrected chi connectivity index (χ1v) is 8.16. The Kier molecular flexibility index (Phi) is 3.96. The summed E-state index contributed by atoms with van der Waals surface area (Å²) in [5.41, 5.74) is 1.67. The van der Waals surface area contributed by atoms with Gasteiger partial charge in [-0.15, -0.1) is 10.2 Å². The normalized spacial score (nSPS) is 12.4. The lowest BCUT2D eigenvalue weighted by atomic mass is 10.2. The van der Waals surface area contributed by atoms with E-state index in [1.807, 2.05) is 30.3 Å². The highest BCUT2D eigenvalue weighted by Gasteiger charge is 2.17. The van der Waals surface area contributed by atoms with Crippen LogP contribution in [-0.4, -0.2) is 29.1 Å². The molecule has 0 bridgehead atoms. The van der Waals surface area contributed by atoms with Crippen LogP contribution in [0.25, 0.3) is 11.5 Å². The van der Waals surface area contributed by atoms with E-state index in [-0.39, 0.29) is 6.79 Å². The maximum absolute atomic E-state index is 5.69. The molecule has 0 spiro atoms. The van der Waals surface area contributed by atoms with Crippen molar-refractivity contribution < 1.29 is 18.6 Å². The minimum absolute atomic E-state index is 0.233. The van der Waals surface area contributed by atoms with Crippen LogP contribution in [0.5, 0.6) is 17.4 Å². The van der Waals surface area contributed by atoms with Crippen molar-refractivity contribution in [2.75, 3.05) is 13.9 Å². The van der Waals surface area contributed by atoms with Crippen molar-refractivity contribution in [3.8, 4) is 28.8 Å². The fourth-order valence-corrected chi connectivity index (χ4v) is 2.87. The van der Waals surface area contributed by atoms with E-state index in [9.17, 15) is 0 Å². The minimum Gasteiger partial charge on any atom is -0.481 e. The number of methoxy groups -OCH3 is 1. The Morgan fingerprint density at radius 3 is 2.96 bits per heavy atom. The Hall–Kier alpha value is -2.74. The highest BCUT2D eigenvalue weighted by Crippen LogP contribution is 2.36. The van der Waals surface area contributed by atoms with Gasteiger partial charge >= 0.3 is 0 Å². The van der Waals surface area contributed by atoms with Crippen molar-refractivity contribution in [1.29, 1.82) is 0 Å². The molecule has 7 nitrogen and oxygen atoms in total. The standard InChI is InChI=1S/C16H13N3O4S/c1-20-14-4-2-3-11(17-14)8-24-16-19-18-15(23-16)10-5-6-12-13(7-10)22-9-21-12/h2-7H,8-9H2,1H3. The van der Waals surface area contributed by atoms with E-state index < -0.39 is 0 Å². The maximum atomic E-state index is 5.69. The fourth-order valence-electron chi connectivity index (χ4n) is 2.20. The molecule has 0 saturated carbocycles. The molecule has 0 fully saturated rings. The monoisotopic (exact) mass is 343 g/mol. The first kappa shape index (κ1) is 14.8. The van der Waals surface area contributed by atoms with Gasteiger partial charge in [0.2, 0.25) is 18.6 Å². The summed E-state index contributed by atoms with van der Waals surface area (Å²) in [7, 11) is 1.59. The van der Waals surface area contributed by atoms with E-state index in [4.69, 9.17) is 18.6 Å². The zero-order valence-electron chi connectivity index (χ0n) is 12.8. The van der Waals surface area contributed by atoms with Gasteiger partial charge in [0.25, 0.3) is 5.22 Å². The third-order valence-electron chi connectivity index (χ3n) is 3.36. The first-order chi connectivity index (χ1) is 11.8. The zero-order chi connectivity index (χ0) is 16.4. The second-order valence-corrected chi connectivity index (χ2v) is 5.83. The van der Waals surface area contributed by atoms with Crippen LogP contribution in [0.1, 0.15) is 5.69 Å². The number of thioether (sulfide) groups is 1. The molecule has 0 radical (unpaired) electrons. The average molecular weight is 343 g/mol. The number of hydrogen-bond donors (Lipinski definition) is 0. The molecule has 0 aliphatic carbocycles. The van der Waals surface area contributed by atoms with Crippen molar-refractivity contribution in [2.24, 2.45) is 0 Å². The second kappa shape index (κ2) is 6.40. The Morgan fingerprint density at radius 2 is 2.04 bits per heavy atom. The average Bonchev–Trinajstić information content (AvgIpc) is 3.28. The largest absolute Gasteiger partial charge is 0.481 e. The van der Waals surface area contributed by atoms with Gasteiger partial charge in [-0.05, 0) is 24.3 Å². The van der Waals surface area contributed by atoms with Gasteiger partial charge in [0.15, 0.2) is 11.5 Å². The van der Waals surface area contributed by atoms with E-state index in [1.165, 1.54) is 11.8 Å². The highest BCUT2D eigenvalue weighted by atomic mass is 32.2. The molecule has 0 amide bonds. The third-order valence-corrected chi connectivity index (χ3v) is 4.21. The molecule has 4 rings (SSSR count). The van der Waals surface area contributed by atoms with Crippen LogP contribution in [0.3, 0.4) is 0 Å². The summed E-state index contributed by atoms with van der Waals surface area (Å²) in [4.78, 5) is 4.35. The van der Waals surface area contributed by atoms with Crippen LogP contribution in [0, 0.1) is 0 Å². The number of nitrogens with zero attached hydrogens (tertiary/aromatic N) is 3. The quantitative estimate of drug-likeness (QED) is 0.654. The van der Waals surface area contributed by atoms with Crippen molar-refractivity contribution in [3.63, 3.8) is 0 Å². The van der Waals surface area contributed by atoms with Gasteiger partial charge in [0, 0.05) is 17.4 Å². The first-order valence-electron chi connectivity index (χ1n) is 7.18. The summed E-state index contributed by atoms with van der Waals surface area (Å²) in [6.07, 6.45) is 0. The number of pyridine rings is 1. The van der Waals surface area contributed by atoms with Gasteiger partial charge in [-0.3, -0.25) is 0 Å². The molecule has 24 heavy (non-hydrogen) atoms. The summed E-state index contributed by atoms with van der Waals surface area (Å²) < 4.78 is 21.5. The number of benzene rings is 1. The molecule has 1 aliphatic rings. The molecule has 0 unspecified atom stereocenters. The van der Waals surface area contributed by atoms with E-state index in [2.05, 4.69) is 15.2 Å². The summed E-state index contributed by atoms with van der Waals surface area (Å²) in [6.45, 7) is 0.233. The smallest absolute Gasteiger partial charge is 0.277 e. The Labute approximate surface area is 142 Å². The topological polar surface area (TPSA) is 79.5 Å². The molecule has 3 heterocycles. The Morgan fingerprint density at radius 1 is 1.12 bits per heavy atom. The van der Waals surface area contributed by atoms with Crippen LogP contribution in [0.2, 0.25) is 0 Å². The number of ether oxygens (including phenoxy) is 3. The summed E-state index contributed by atoms with van der Waals surface area (Å²) in [6, 6.07) is 11.1. The van der Waals surface area contributed by atoms with Gasteiger partial charge in [0.1, 0.15) is 0 Å². The Balaban J connectivity index is 1.46. The van der Waals surface area contributed by atoms with E-state index >= 15 is 0 Å². The molecule has 1 aliphatic heterocycles. The van der Waals surface area contributed by atoms with Crippen LogP contribution in [0.4, 0.5) is 0 Å². The van der Waals surface area contributed by atoms with Crippen molar-refractivity contribution >= 4 is 11.8 Å². The molecular formula is C16H13N3O4S. The van der Waals surface area contributed by atoms with E-state index in [1.54, 1.807) is 13.2 Å². The lowest BCUT2D eigenvalue weighted by Crippen LogP contribution is -1.92. The van der Waals surface area contributed by atoms with E-state index in [0.29, 0.717) is 28.5 Å². The van der Waals surface area contributed by atoms with Crippen molar-refractivity contribution in [2.45, 2.75) is 11.0 Å². The van der Waals surface area contributed by atoms with Crippen LogP contribution < -0.4 is 14.2 Å². The molecule has 0 atom stereocenters.